The molecule has 61 heavy (non-hydrogen) atoms. The minimum absolute atomic E-state index is 0.0376. The summed E-state index contributed by atoms with van der Waals surface area (Å²) in [5.74, 6) is 1.32. The van der Waals surface area contributed by atoms with Crippen molar-refractivity contribution in [2.75, 3.05) is 45.3 Å². The number of amidine groups is 1. The second-order valence-electron chi connectivity index (χ2n) is 17.4. The molecule has 1 heterocycles. The Morgan fingerprint density at radius 3 is 2.31 bits per heavy atom. The largest absolute Gasteiger partial charge is 0.496 e. The average molecular weight is 845 g/mol. The zero-order valence-corrected chi connectivity index (χ0v) is 38.0. The standard InChI is InChI=1S/C47H72N8O6/c1-11-13-14-23-50-43(54-39(48)15-12-2)42-33(5)22-24-55(42)27-35-18-19-36(25-38(35)59-10)47(8,9)31-60-30-46(6,7)29-52-45(58)61-28-34-16-20-37(21-17-34)53-40(56)26-51-44(57)41(49)32(3)4/h16-22,24-25,32,41,50H,5,11-15,23,26-31,49H2,1-4,6-10H3,(H2,48,54)(H,51,57)(H,52,58)(H,53,56)/b43-42+. The van der Waals surface area contributed by atoms with Crippen LogP contribution < -0.4 is 48.0 Å². The number of nitrogens with zero attached hydrogens (tertiary/aromatic N) is 2. The molecule has 0 aliphatic heterocycles. The van der Waals surface area contributed by atoms with Crippen LogP contribution >= 0.6 is 0 Å². The van der Waals surface area contributed by atoms with Crippen LogP contribution in [0.2, 0.25) is 0 Å². The number of unbranched alkanes of at least 4 members (excludes halogenated alkanes) is 2. The van der Waals surface area contributed by atoms with E-state index >= 15 is 0 Å². The molecule has 2 aromatic carbocycles. The summed E-state index contributed by atoms with van der Waals surface area (Å²) in [6.45, 7) is 23.0. The van der Waals surface area contributed by atoms with Crippen molar-refractivity contribution < 1.29 is 28.6 Å². The number of carbonyl (C=O) groups is 3. The van der Waals surface area contributed by atoms with E-state index < -0.39 is 12.1 Å². The van der Waals surface area contributed by atoms with Crippen LogP contribution in [0, 0.1) is 11.3 Å². The van der Waals surface area contributed by atoms with E-state index in [9.17, 15) is 14.4 Å². The van der Waals surface area contributed by atoms with Gasteiger partial charge in [0.05, 0.1) is 44.8 Å². The molecule has 1 aromatic heterocycles. The first-order valence-electron chi connectivity index (χ1n) is 21.4. The van der Waals surface area contributed by atoms with Crippen LogP contribution in [0.25, 0.3) is 12.4 Å². The monoisotopic (exact) mass is 845 g/mol. The van der Waals surface area contributed by atoms with E-state index in [1.165, 1.54) is 0 Å². The number of methoxy groups -OCH3 is 1. The fourth-order valence-electron chi connectivity index (χ4n) is 6.34. The Hall–Kier alpha value is -5.34. The first kappa shape index (κ1) is 50.0. The molecule has 0 saturated heterocycles. The summed E-state index contributed by atoms with van der Waals surface area (Å²) < 4.78 is 19.8. The van der Waals surface area contributed by atoms with Crippen LogP contribution in [0.3, 0.4) is 0 Å². The van der Waals surface area contributed by atoms with E-state index in [0.29, 0.717) is 37.8 Å². The van der Waals surface area contributed by atoms with Gasteiger partial charge in [0.1, 0.15) is 18.2 Å². The molecule has 0 spiro atoms. The maximum Gasteiger partial charge on any atom is 0.407 e. The second kappa shape index (κ2) is 24.2. The summed E-state index contributed by atoms with van der Waals surface area (Å²) in [4.78, 5) is 41.7. The van der Waals surface area contributed by atoms with Crippen LogP contribution in [0.1, 0.15) is 104 Å². The Kier molecular flexibility index (Phi) is 19.8. The summed E-state index contributed by atoms with van der Waals surface area (Å²) in [6.07, 6.45) is 6.43. The molecule has 14 heteroatoms. The molecule has 336 valence electrons. The quantitative estimate of drug-likeness (QED) is 0.0376. The predicted octanol–water partition coefficient (Wildman–Crippen LogP) is 5.24. The van der Waals surface area contributed by atoms with E-state index in [2.05, 4.69) is 78.3 Å². The summed E-state index contributed by atoms with van der Waals surface area (Å²) in [5, 5.41) is 13.4. The zero-order valence-electron chi connectivity index (χ0n) is 38.0. The summed E-state index contributed by atoms with van der Waals surface area (Å²) in [6, 6.07) is 14.5. The molecular weight excluding hydrogens is 773 g/mol. The smallest absolute Gasteiger partial charge is 0.407 e. The number of anilines is 1. The lowest BCUT2D eigenvalue weighted by Crippen LogP contribution is -2.46. The Balaban J connectivity index is 1.54. The van der Waals surface area contributed by atoms with Crippen molar-refractivity contribution in [1.29, 1.82) is 0 Å². The lowest BCUT2D eigenvalue weighted by Gasteiger charge is -2.30. The van der Waals surface area contributed by atoms with Gasteiger partial charge in [0.15, 0.2) is 5.82 Å². The molecule has 14 nitrogen and oxygen atoms in total. The number of hydrogen-bond donors (Lipinski definition) is 6. The van der Waals surface area contributed by atoms with Gasteiger partial charge in [0.25, 0.3) is 0 Å². The van der Waals surface area contributed by atoms with Crippen molar-refractivity contribution in [2.45, 2.75) is 112 Å². The number of nitrogens with two attached hydrogens (primary N) is 2. The van der Waals surface area contributed by atoms with E-state index in [0.717, 1.165) is 77.5 Å². The van der Waals surface area contributed by atoms with Crippen LogP contribution in [0.15, 0.2) is 59.7 Å². The topological polar surface area (TPSA) is 196 Å². The molecule has 3 aromatic rings. The number of ether oxygens (including phenoxy) is 3. The van der Waals surface area contributed by atoms with Crippen LogP contribution in [0.4, 0.5) is 10.5 Å². The lowest BCUT2D eigenvalue weighted by molar-refractivity contribution is -0.125. The van der Waals surface area contributed by atoms with E-state index in [4.69, 9.17) is 30.7 Å². The third-order valence-electron chi connectivity index (χ3n) is 10.2. The Labute approximate surface area is 362 Å². The number of aromatic nitrogens is 1. The molecule has 0 radical (unpaired) electrons. The molecule has 0 bridgehead atoms. The molecule has 0 aliphatic carbocycles. The summed E-state index contributed by atoms with van der Waals surface area (Å²) in [5.41, 5.74) is 14.8. The van der Waals surface area contributed by atoms with Gasteiger partial charge in [-0.1, -0.05) is 99.1 Å². The molecule has 1 unspecified atom stereocenters. The number of benzene rings is 2. The van der Waals surface area contributed by atoms with Gasteiger partial charge in [0.2, 0.25) is 11.8 Å². The van der Waals surface area contributed by atoms with Gasteiger partial charge in [-0.15, -0.1) is 0 Å². The van der Waals surface area contributed by atoms with Gasteiger partial charge in [-0.05, 0) is 59.4 Å². The number of rotatable bonds is 25. The number of carbonyl (C=O) groups excluding carboxylic acids is 3. The molecule has 8 N–H and O–H groups in total. The highest BCUT2D eigenvalue weighted by Crippen LogP contribution is 2.30. The summed E-state index contributed by atoms with van der Waals surface area (Å²) >= 11 is 0. The molecule has 0 fully saturated rings. The highest BCUT2D eigenvalue weighted by Gasteiger charge is 2.26. The summed E-state index contributed by atoms with van der Waals surface area (Å²) in [7, 11) is 1.69. The fourth-order valence-corrected chi connectivity index (χ4v) is 6.34. The van der Waals surface area contributed by atoms with Gasteiger partial charge in [-0.2, -0.15) is 0 Å². The highest BCUT2D eigenvalue weighted by atomic mass is 16.5. The Bertz CT molecular complexity index is 2020. The van der Waals surface area contributed by atoms with Crippen molar-refractivity contribution in [3.05, 3.63) is 82.0 Å². The lowest BCUT2D eigenvalue weighted by atomic mass is 9.84. The van der Waals surface area contributed by atoms with Crippen LogP contribution in [-0.2, 0) is 37.6 Å². The van der Waals surface area contributed by atoms with E-state index in [-0.39, 0.29) is 41.7 Å². The van der Waals surface area contributed by atoms with Gasteiger partial charge in [-0.25, -0.2) is 9.79 Å². The molecule has 3 rings (SSSR count). The molecule has 1 atom stereocenters. The zero-order chi connectivity index (χ0) is 45.2. The van der Waals surface area contributed by atoms with E-state index in [1.54, 1.807) is 31.4 Å². The van der Waals surface area contributed by atoms with Crippen LogP contribution in [0.5, 0.6) is 5.75 Å². The minimum atomic E-state index is -0.680. The predicted molar refractivity (Wildman–Crippen MR) is 245 cm³/mol. The van der Waals surface area contributed by atoms with Gasteiger partial charge in [0, 0.05) is 47.8 Å². The third-order valence-corrected chi connectivity index (χ3v) is 10.2. The second-order valence-corrected chi connectivity index (χ2v) is 17.4. The van der Waals surface area contributed by atoms with Crippen molar-refractivity contribution in [3.63, 3.8) is 0 Å². The number of alkyl carbamates (subject to hydrolysis) is 1. The third kappa shape index (κ3) is 16.6. The number of amides is 3. The van der Waals surface area contributed by atoms with Crippen LogP contribution in [-0.4, -0.2) is 74.3 Å². The van der Waals surface area contributed by atoms with Crippen molar-refractivity contribution in [2.24, 2.45) is 27.8 Å². The molecular formula is C47H72N8O6. The number of nitrogens with one attached hydrogen (secondary N) is 4. The first-order chi connectivity index (χ1) is 28.9. The minimum Gasteiger partial charge on any atom is -0.496 e. The molecule has 0 aliphatic rings. The van der Waals surface area contributed by atoms with Gasteiger partial charge >= 0.3 is 6.09 Å². The average Bonchev–Trinajstić information content (AvgIpc) is 3.58. The molecule has 0 saturated carbocycles. The SMILES string of the molecule is C=c1ccn(Cc2ccc(C(C)(C)COCC(C)(C)CNC(=O)OCc3ccc(NC(=O)CNC(=O)C(N)C(C)C)cc3)cc2OC)/c1=C(/N=C(/N)CCC)NCCCCC. The van der Waals surface area contributed by atoms with E-state index in [1.807, 2.05) is 40.0 Å². The fraction of sp³-hybridized carbons (Fsp3) is 0.532. The number of hydrogen-bond acceptors (Lipinski definition) is 9. The maximum atomic E-state index is 12.6. The van der Waals surface area contributed by atoms with Crippen molar-refractivity contribution in [3.8, 4) is 5.75 Å². The normalized spacial score (nSPS) is 13.1. The van der Waals surface area contributed by atoms with Gasteiger partial charge < -0.3 is 51.5 Å². The Morgan fingerprint density at radius 1 is 0.934 bits per heavy atom. The highest BCUT2D eigenvalue weighted by molar-refractivity contribution is 5.95. The first-order valence-corrected chi connectivity index (χ1v) is 21.4. The molecule has 3 amide bonds. The van der Waals surface area contributed by atoms with Gasteiger partial charge in [-0.3, -0.25) is 9.59 Å². The Morgan fingerprint density at radius 2 is 1.66 bits per heavy atom. The van der Waals surface area contributed by atoms with Crippen molar-refractivity contribution in [1.82, 2.24) is 20.5 Å². The van der Waals surface area contributed by atoms with Crippen molar-refractivity contribution >= 4 is 41.8 Å². The number of aliphatic imine (C=N–C) groups is 1. The maximum absolute atomic E-state index is 12.6.